The fourth-order valence-corrected chi connectivity index (χ4v) is 5.84. The second-order valence-corrected chi connectivity index (χ2v) is 10.8. The molecule has 1 atom stereocenters. The van der Waals surface area contributed by atoms with Crippen LogP contribution in [0.3, 0.4) is 0 Å². The van der Waals surface area contributed by atoms with Crippen molar-refractivity contribution < 1.29 is 36.3 Å². The first-order valence-electron chi connectivity index (χ1n) is 13.8. The van der Waals surface area contributed by atoms with Gasteiger partial charge in [-0.15, -0.1) is 10.2 Å². The molecule has 0 bridgehead atoms. The molecule has 1 aromatic carbocycles. The lowest BCUT2D eigenvalue weighted by Crippen LogP contribution is -2.52. The summed E-state index contributed by atoms with van der Waals surface area (Å²) in [6, 6.07) is 7.21. The third-order valence-corrected chi connectivity index (χ3v) is 8.07. The third kappa shape index (κ3) is 6.25. The van der Waals surface area contributed by atoms with Crippen LogP contribution in [0.15, 0.2) is 36.5 Å². The number of rotatable bonds is 2. The Morgan fingerprint density at radius 2 is 1.88 bits per heavy atom. The van der Waals surface area contributed by atoms with Gasteiger partial charge in [-0.05, 0) is 36.6 Å². The van der Waals surface area contributed by atoms with Crippen LogP contribution in [-0.2, 0) is 29.7 Å². The summed E-state index contributed by atoms with van der Waals surface area (Å²) < 4.78 is 72.4. The van der Waals surface area contributed by atoms with Gasteiger partial charge in [-0.2, -0.15) is 13.2 Å². The van der Waals surface area contributed by atoms with Gasteiger partial charge < -0.3 is 19.9 Å². The molecule has 3 aliphatic rings. The predicted octanol–water partition coefficient (Wildman–Crippen LogP) is 4.82. The standard InChI is InChI=1S/C15H14F5N3.C13H16N4O3/c16-11-5-2-4-10(14(11)17)9-3-1-6-12-21-22-13(23(12)8-9)7-15(18,19)20;1-16-10-9(3-2-6-15-10)13(20-12(16)19)4-7-17(8-5-13)11(14)18/h2,4-5,9H,1,3,6-8H2;2-3,6H,4-5,7-8H2,1H3,(H2,14,18). The Bertz CT molecular complexity index is 1500. The van der Waals surface area contributed by atoms with E-state index in [9.17, 15) is 31.5 Å². The highest BCUT2D eigenvalue weighted by atomic mass is 19.4. The summed E-state index contributed by atoms with van der Waals surface area (Å²) in [6.07, 6.45) is -1.61. The summed E-state index contributed by atoms with van der Waals surface area (Å²) in [4.78, 5) is 30.5. The van der Waals surface area contributed by atoms with Gasteiger partial charge in [0.25, 0.3) is 0 Å². The molecule has 0 saturated carbocycles. The van der Waals surface area contributed by atoms with Crippen molar-refractivity contribution in [3.05, 3.63) is 70.9 Å². The van der Waals surface area contributed by atoms with E-state index < -0.39 is 47.9 Å². The minimum Gasteiger partial charge on any atom is -0.437 e. The minimum atomic E-state index is -4.39. The molecular formula is C28H30F5N7O3. The van der Waals surface area contributed by atoms with Crippen molar-refractivity contribution >= 4 is 17.9 Å². The first-order chi connectivity index (χ1) is 20.4. The Morgan fingerprint density at radius 1 is 1.14 bits per heavy atom. The number of carbonyl (C=O) groups excluding carboxylic acids is 2. The van der Waals surface area contributed by atoms with Crippen LogP contribution in [0, 0.1) is 11.6 Å². The summed E-state index contributed by atoms with van der Waals surface area (Å²) in [6.45, 7) is 1.06. The lowest BCUT2D eigenvalue weighted by atomic mass is 9.83. The van der Waals surface area contributed by atoms with E-state index in [1.165, 1.54) is 21.6 Å². The van der Waals surface area contributed by atoms with Crippen molar-refractivity contribution in [2.75, 3.05) is 25.0 Å². The molecule has 230 valence electrons. The quantitative estimate of drug-likeness (QED) is 0.418. The molecule has 1 spiro atoms. The second-order valence-electron chi connectivity index (χ2n) is 10.8. The largest absolute Gasteiger partial charge is 0.437 e. The molecule has 2 aromatic heterocycles. The van der Waals surface area contributed by atoms with Gasteiger partial charge in [0.1, 0.15) is 29.5 Å². The van der Waals surface area contributed by atoms with E-state index in [0.29, 0.717) is 56.8 Å². The number of urea groups is 1. The average molecular weight is 608 g/mol. The maximum Gasteiger partial charge on any atom is 0.416 e. The van der Waals surface area contributed by atoms with E-state index in [4.69, 9.17) is 10.5 Å². The SMILES string of the molecule is CN1C(=O)OC2(CCN(C(N)=O)CC2)c2cccnc21.Fc1cccc(C2CCCc3nnc(CC(F)(F)F)n3C2)c1F. The molecule has 6 rings (SSSR count). The molecule has 3 aromatic rings. The highest BCUT2D eigenvalue weighted by Crippen LogP contribution is 2.44. The normalized spacial score (nSPS) is 19.5. The van der Waals surface area contributed by atoms with Crippen LogP contribution in [0.1, 0.15) is 54.4 Å². The monoisotopic (exact) mass is 607 g/mol. The number of fused-ring (bicyclic) bond motifs is 3. The number of pyridine rings is 1. The number of nitrogens with zero attached hydrogens (tertiary/aromatic N) is 6. The minimum absolute atomic E-state index is 0.119. The molecule has 1 fully saturated rings. The highest BCUT2D eigenvalue weighted by Gasteiger charge is 2.47. The van der Waals surface area contributed by atoms with E-state index in [-0.39, 0.29) is 17.9 Å². The van der Waals surface area contributed by atoms with Crippen LogP contribution in [0.2, 0.25) is 0 Å². The van der Waals surface area contributed by atoms with Gasteiger partial charge >= 0.3 is 18.3 Å². The zero-order valence-corrected chi connectivity index (χ0v) is 23.3. The summed E-state index contributed by atoms with van der Waals surface area (Å²) in [7, 11) is 1.64. The van der Waals surface area contributed by atoms with Crippen LogP contribution in [-0.4, -0.2) is 63.1 Å². The molecule has 5 heterocycles. The molecule has 1 unspecified atom stereocenters. The number of anilines is 1. The summed E-state index contributed by atoms with van der Waals surface area (Å²) in [5, 5.41) is 7.43. The Hall–Kier alpha value is -4.30. The van der Waals surface area contributed by atoms with E-state index in [1.54, 1.807) is 18.1 Å². The van der Waals surface area contributed by atoms with Crippen LogP contribution in [0.5, 0.6) is 0 Å². The Balaban J connectivity index is 0.000000173. The summed E-state index contributed by atoms with van der Waals surface area (Å²) >= 11 is 0. The smallest absolute Gasteiger partial charge is 0.416 e. The summed E-state index contributed by atoms with van der Waals surface area (Å²) in [5.74, 6) is -1.40. The van der Waals surface area contributed by atoms with Gasteiger partial charge in [0.2, 0.25) is 0 Å². The Kier molecular flexibility index (Phi) is 8.25. The van der Waals surface area contributed by atoms with Gasteiger partial charge in [-0.25, -0.2) is 23.4 Å². The number of benzene rings is 1. The molecule has 3 amide bonds. The molecule has 2 N–H and O–H groups in total. The molecule has 10 nitrogen and oxygen atoms in total. The van der Waals surface area contributed by atoms with Crippen LogP contribution < -0.4 is 10.6 Å². The first-order valence-corrected chi connectivity index (χ1v) is 13.8. The number of hydrogen-bond acceptors (Lipinski definition) is 6. The number of likely N-dealkylation sites (tertiary alicyclic amines) is 1. The molecule has 15 heteroatoms. The van der Waals surface area contributed by atoms with Crippen molar-refractivity contribution in [2.24, 2.45) is 5.73 Å². The molecule has 43 heavy (non-hydrogen) atoms. The van der Waals surface area contributed by atoms with Gasteiger partial charge in [-0.1, -0.05) is 12.1 Å². The van der Waals surface area contributed by atoms with Crippen molar-refractivity contribution in [3.8, 4) is 0 Å². The van der Waals surface area contributed by atoms with Crippen molar-refractivity contribution in [1.82, 2.24) is 24.6 Å². The van der Waals surface area contributed by atoms with E-state index in [0.717, 1.165) is 11.6 Å². The number of aromatic nitrogens is 4. The number of hydrogen-bond donors (Lipinski definition) is 1. The lowest BCUT2D eigenvalue weighted by Gasteiger charge is -2.45. The molecule has 0 aliphatic carbocycles. The van der Waals surface area contributed by atoms with Gasteiger partial charge in [0.15, 0.2) is 11.6 Å². The zero-order chi connectivity index (χ0) is 30.9. The molecule has 3 aliphatic heterocycles. The number of piperidine rings is 1. The number of aryl methyl sites for hydroxylation is 1. The first kappa shape index (κ1) is 30.2. The second kappa shape index (κ2) is 11.8. The highest BCUT2D eigenvalue weighted by molar-refractivity contribution is 5.89. The van der Waals surface area contributed by atoms with Gasteiger partial charge in [0, 0.05) is 63.6 Å². The fraction of sp³-hybridized carbons (Fsp3) is 0.464. The number of primary amides is 1. The third-order valence-electron chi connectivity index (χ3n) is 8.07. The maximum atomic E-state index is 14.0. The van der Waals surface area contributed by atoms with Crippen LogP contribution >= 0.6 is 0 Å². The van der Waals surface area contributed by atoms with Crippen molar-refractivity contribution in [1.29, 1.82) is 0 Å². The van der Waals surface area contributed by atoms with Gasteiger partial charge in [-0.3, -0.25) is 4.90 Å². The Morgan fingerprint density at radius 3 is 2.58 bits per heavy atom. The fourth-order valence-electron chi connectivity index (χ4n) is 5.84. The number of alkyl halides is 3. The molecule has 1 saturated heterocycles. The van der Waals surface area contributed by atoms with E-state index >= 15 is 0 Å². The number of amides is 3. The van der Waals surface area contributed by atoms with E-state index in [1.807, 2.05) is 12.1 Å². The summed E-state index contributed by atoms with van der Waals surface area (Å²) in [5.41, 5.74) is 5.67. The lowest BCUT2D eigenvalue weighted by molar-refractivity contribution is -0.129. The average Bonchev–Trinajstić information content (AvgIpc) is 3.19. The Labute approximate surface area is 243 Å². The van der Waals surface area contributed by atoms with Crippen molar-refractivity contribution in [3.63, 3.8) is 0 Å². The number of carbonyl (C=O) groups is 2. The molecular weight excluding hydrogens is 577 g/mol. The zero-order valence-electron chi connectivity index (χ0n) is 23.3. The predicted molar refractivity (Wildman–Crippen MR) is 143 cm³/mol. The van der Waals surface area contributed by atoms with Crippen molar-refractivity contribution in [2.45, 2.75) is 62.8 Å². The van der Waals surface area contributed by atoms with Gasteiger partial charge in [0.05, 0.1) is 0 Å². The number of nitrogens with two attached hydrogens (primary N) is 1. The topological polar surface area (TPSA) is 119 Å². The number of halogens is 5. The maximum absolute atomic E-state index is 14.0. The number of ether oxygens (including phenoxy) is 1. The molecule has 0 radical (unpaired) electrons. The van der Waals surface area contributed by atoms with Crippen LogP contribution in [0.25, 0.3) is 0 Å². The van der Waals surface area contributed by atoms with Crippen LogP contribution in [0.4, 0.5) is 37.4 Å². The van der Waals surface area contributed by atoms with E-state index in [2.05, 4.69) is 15.2 Å².